The van der Waals surface area contributed by atoms with Crippen LogP contribution in [0.2, 0.25) is 5.02 Å². The van der Waals surface area contributed by atoms with Crippen LogP contribution in [-0.2, 0) is 16.1 Å². The van der Waals surface area contributed by atoms with Crippen LogP contribution in [-0.4, -0.2) is 18.4 Å². The number of anilines is 1. The average molecular weight is 385 g/mol. The summed E-state index contributed by atoms with van der Waals surface area (Å²) in [5.41, 5.74) is 3.98. The lowest BCUT2D eigenvalue weighted by Gasteiger charge is -2.19. The van der Waals surface area contributed by atoms with E-state index in [9.17, 15) is 9.59 Å². The van der Waals surface area contributed by atoms with Crippen LogP contribution in [0.4, 0.5) is 5.69 Å². The van der Waals surface area contributed by atoms with Crippen molar-refractivity contribution in [2.75, 3.05) is 11.4 Å². The highest BCUT2D eigenvalue weighted by atomic mass is 35.5. The molecule has 2 aromatic rings. The van der Waals surface area contributed by atoms with Crippen molar-refractivity contribution in [3.05, 3.63) is 64.2 Å². The summed E-state index contributed by atoms with van der Waals surface area (Å²) in [6.45, 7) is 7.05. The summed E-state index contributed by atoms with van der Waals surface area (Å²) in [5, 5.41) is 3.59. The molecule has 5 heteroatoms. The van der Waals surface area contributed by atoms with Crippen LogP contribution < -0.4 is 10.2 Å². The predicted octanol–water partition coefficient (Wildman–Crippen LogP) is 4.44. The van der Waals surface area contributed by atoms with E-state index >= 15 is 0 Å². The molecule has 0 unspecified atom stereocenters. The monoisotopic (exact) mass is 384 g/mol. The molecule has 1 aliphatic heterocycles. The molecule has 4 nitrogen and oxygen atoms in total. The van der Waals surface area contributed by atoms with Gasteiger partial charge in [0.1, 0.15) is 0 Å². The summed E-state index contributed by atoms with van der Waals surface area (Å²) in [6, 6.07) is 13.8. The van der Waals surface area contributed by atoms with Gasteiger partial charge in [0.2, 0.25) is 11.8 Å². The van der Waals surface area contributed by atoms with E-state index in [0.717, 1.165) is 16.8 Å². The number of carbonyl (C=O) groups excluding carboxylic acids is 2. The zero-order valence-corrected chi connectivity index (χ0v) is 16.7. The number of carbonyl (C=O) groups is 2. The van der Waals surface area contributed by atoms with Gasteiger partial charge in [0.25, 0.3) is 0 Å². The summed E-state index contributed by atoms with van der Waals surface area (Å²) in [6.07, 6.45) is 0.226. The number of halogens is 1. The first-order valence-corrected chi connectivity index (χ1v) is 9.66. The third kappa shape index (κ3) is 4.33. The molecule has 0 spiro atoms. The normalized spacial score (nSPS) is 16.9. The van der Waals surface area contributed by atoms with E-state index < -0.39 is 0 Å². The number of amides is 2. The average Bonchev–Trinajstić information content (AvgIpc) is 3.04. The molecule has 1 atom stereocenters. The Morgan fingerprint density at radius 3 is 2.59 bits per heavy atom. The summed E-state index contributed by atoms with van der Waals surface area (Å²) >= 11 is 6.17. The van der Waals surface area contributed by atoms with E-state index in [1.54, 1.807) is 11.0 Å². The van der Waals surface area contributed by atoms with Crippen molar-refractivity contribution in [1.82, 2.24) is 5.32 Å². The number of hydrogen-bond acceptors (Lipinski definition) is 2. The minimum atomic E-state index is -0.342. The Morgan fingerprint density at radius 2 is 1.93 bits per heavy atom. The molecule has 1 saturated heterocycles. The van der Waals surface area contributed by atoms with E-state index in [4.69, 9.17) is 11.6 Å². The fourth-order valence-electron chi connectivity index (χ4n) is 3.36. The Balaban J connectivity index is 1.61. The lowest BCUT2D eigenvalue weighted by molar-refractivity contribution is -0.126. The largest absolute Gasteiger partial charge is 0.352 e. The highest BCUT2D eigenvalue weighted by molar-refractivity contribution is 6.31. The van der Waals surface area contributed by atoms with Crippen LogP contribution in [0.15, 0.2) is 42.5 Å². The lowest BCUT2D eigenvalue weighted by Crippen LogP contribution is -2.32. The highest BCUT2D eigenvalue weighted by Gasteiger charge is 2.35. The van der Waals surface area contributed by atoms with Crippen LogP contribution in [0, 0.1) is 12.8 Å². The first-order valence-electron chi connectivity index (χ1n) is 9.29. The number of benzene rings is 2. The molecular weight excluding hydrogens is 360 g/mol. The zero-order chi connectivity index (χ0) is 19.6. The molecule has 0 saturated carbocycles. The molecule has 0 aromatic heterocycles. The van der Waals surface area contributed by atoms with Crippen LogP contribution in [0.3, 0.4) is 0 Å². The van der Waals surface area contributed by atoms with Crippen molar-refractivity contribution in [3.63, 3.8) is 0 Å². The first kappa shape index (κ1) is 19.4. The van der Waals surface area contributed by atoms with Crippen molar-refractivity contribution >= 4 is 29.1 Å². The van der Waals surface area contributed by atoms with Crippen LogP contribution >= 0.6 is 11.6 Å². The Hall–Kier alpha value is -2.33. The van der Waals surface area contributed by atoms with Crippen LogP contribution in [0.25, 0.3) is 0 Å². The second-order valence-electron chi connectivity index (χ2n) is 7.40. The number of rotatable bonds is 5. The Bertz CT molecular complexity index is 846. The Kier molecular flexibility index (Phi) is 5.85. The van der Waals surface area contributed by atoms with E-state index in [1.165, 1.54) is 5.56 Å². The topological polar surface area (TPSA) is 49.4 Å². The van der Waals surface area contributed by atoms with Gasteiger partial charge >= 0.3 is 0 Å². The molecule has 0 aliphatic carbocycles. The maximum absolute atomic E-state index is 12.6. The maximum Gasteiger partial charge on any atom is 0.227 e. The molecule has 2 aromatic carbocycles. The molecule has 0 radical (unpaired) electrons. The minimum Gasteiger partial charge on any atom is -0.352 e. The molecule has 3 rings (SSSR count). The van der Waals surface area contributed by atoms with Gasteiger partial charge in [0, 0.05) is 30.2 Å². The second-order valence-corrected chi connectivity index (χ2v) is 7.81. The summed E-state index contributed by atoms with van der Waals surface area (Å²) in [7, 11) is 0. The van der Waals surface area contributed by atoms with Crippen molar-refractivity contribution in [2.45, 2.75) is 39.7 Å². The standard InChI is InChI=1S/C22H25ClN2O2/c1-14(2)17-9-7-16(8-10-17)12-24-22(27)18-11-21(26)25(13-18)20-6-4-5-19(23)15(20)3/h4-10,14,18H,11-13H2,1-3H3,(H,24,27)/t18-/m1/s1. The minimum absolute atomic E-state index is 0.0400. The second kappa shape index (κ2) is 8.13. The molecule has 1 fully saturated rings. The molecule has 1 aliphatic rings. The molecule has 1 N–H and O–H groups in total. The van der Waals surface area contributed by atoms with Gasteiger partial charge in [-0.15, -0.1) is 0 Å². The van der Waals surface area contributed by atoms with E-state index in [0.29, 0.717) is 24.0 Å². The molecule has 0 bridgehead atoms. The van der Waals surface area contributed by atoms with E-state index in [2.05, 4.69) is 31.3 Å². The lowest BCUT2D eigenvalue weighted by atomic mass is 10.0. The summed E-state index contributed by atoms with van der Waals surface area (Å²) < 4.78 is 0. The SMILES string of the molecule is Cc1c(Cl)cccc1N1C[C@H](C(=O)NCc2ccc(C(C)C)cc2)CC1=O. The van der Waals surface area contributed by atoms with Gasteiger partial charge in [-0.2, -0.15) is 0 Å². The van der Waals surface area contributed by atoms with E-state index in [1.807, 2.05) is 31.2 Å². The van der Waals surface area contributed by atoms with Crippen molar-refractivity contribution in [3.8, 4) is 0 Å². The van der Waals surface area contributed by atoms with Gasteiger partial charge in [0.15, 0.2) is 0 Å². The van der Waals surface area contributed by atoms with Gasteiger partial charge in [-0.25, -0.2) is 0 Å². The van der Waals surface area contributed by atoms with Gasteiger partial charge in [-0.3, -0.25) is 9.59 Å². The van der Waals surface area contributed by atoms with Crippen molar-refractivity contribution in [2.24, 2.45) is 5.92 Å². The summed E-state index contributed by atoms with van der Waals surface area (Å²) in [4.78, 5) is 26.7. The van der Waals surface area contributed by atoms with Gasteiger partial charge in [-0.1, -0.05) is 55.8 Å². The van der Waals surface area contributed by atoms with E-state index in [-0.39, 0.29) is 24.2 Å². The predicted molar refractivity (Wildman–Crippen MR) is 109 cm³/mol. The molecule has 27 heavy (non-hydrogen) atoms. The first-order chi connectivity index (χ1) is 12.9. The van der Waals surface area contributed by atoms with Gasteiger partial charge in [0.05, 0.1) is 5.92 Å². The molecule has 2 amide bonds. The fraction of sp³-hybridized carbons (Fsp3) is 0.364. The number of nitrogens with zero attached hydrogens (tertiary/aromatic N) is 1. The van der Waals surface area contributed by atoms with Crippen molar-refractivity contribution in [1.29, 1.82) is 0 Å². The third-order valence-electron chi connectivity index (χ3n) is 5.14. The van der Waals surface area contributed by atoms with Gasteiger partial charge in [-0.05, 0) is 41.7 Å². The highest BCUT2D eigenvalue weighted by Crippen LogP contribution is 2.31. The molecule has 142 valence electrons. The van der Waals surface area contributed by atoms with Crippen molar-refractivity contribution < 1.29 is 9.59 Å². The van der Waals surface area contributed by atoms with Gasteiger partial charge < -0.3 is 10.2 Å². The smallest absolute Gasteiger partial charge is 0.227 e. The Morgan fingerprint density at radius 1 is 1.22 bits per heavy atom. The number of hydrogen-bond donors (Lipinski definition) is 1. The fourth-order valence-corrected chi connectivity index (χ4v) is 3.53. The quantitative estimate of drug-likeness (QED) is 0.828. The molecule has 1 heterocycles. The zero-order valence-electron chi connectivity index (χ0n) is 16.0. The van der Waals surface area contributed by atoms with Crippen LogP contribution in [0.1, 0.15) is 42.9 Å². The molecular formula is C22H25ClN2O2. The number of nitrogens with one attached hydrogen (secondary N) is 1. The van der Waals surface area contributed by atoms with Crippen LogP contribution in [0.5, 0.6) is 0 Å². The summed E-state index contributed by atoms with van der Waals surface area (Å²) in [5.74, 6) is 0.0187. The Labute approximate surface area is 165 Å². The maximum atomic E-state index is 12.6. The third-order valence-corrected chi connectivity index (χ3v) is 5.55.